The molecule has 51 heavy (non-hydrogen) atoms. The average molecular weight is 679 g/mol. The Morgan fingerprint density at radius 1 is 0.471 bits per heavy atom. The highest BCUT2D eigenvalue weighted by atomic mass is 32.1. The molecule has 0 unspecified atom stereocenters. The molecular weight excluding hydrogens is 639 g/mol. The highest BCUT2D eigenvalue weighted by Gasteiger charge is 2.21. The van der Waals surface area contributed by atoms with Crippen molar-refractivity contribution in [3.8, 4) is 33.4 Å². The molecule has 0 amide bonds. The molecule has 0 atom stereocenters. The monoisotopic (exact) mass is 678 g/mol. The number of fused-ring (bicyclic) bond motifs is 6. The molecule has 0 bridgehead atoms. The normalized spacial score (nSPS) is 14.0. The quantitative estimate of drug-likeness (QED) is 0.174. The summed E-state index contributed by atoms with van der Waals surface area (Å²) >= 11 is 1.56. The Kier molecular flexibility index (Phi) is 5.16. The zero-order chi connectivity index (χ0) is 41.6. The van der Waals surface area contributed by atoms with Crippen LogP contribution in [0.2, 0.25) is 0 Å². The van der Waals surface area contributed by atoms with Gasteiger partial charge in [-0.3, -0.25) is 0 Å². The molecule has 0 aliphatic carbocycles. The van der Waals surface area contributed by atoms with Gasteiger partial charge in [0.05, 0.1) is 22.7 Å². The van der Waals surface area contributed by atoms with Crippen LogP contribution in [0.25, 0.3) is 75.5 Å². The second-order valence-electron chi connectivity index (χ2n) is 12.2. The number of anilines is 3. The molecule has 0 fully saturated rings. The van der Waals surface area contributed by atoms with Gasteiger partial charge in [-0.25, -0.2) is 0 Å². The largest absolute Gasteiger partial charge is 0.455 e. The van der Waals surface area contributed by atoms with Crippen molar-refractivity contribution >= 4 is 70.5 Å². The van der Waals surface area contributed by atoms with Gasteiger partial charge in [-0.15, -0.1) is 11.3 Å². The van der Waals surface area contributed by atoms with Crippen LogP contribution in [0, 0.1) is 0 Å². The number of para-hydroxylation sites is 2. The summed E-state index contributed by atoms with van der Waals surface area (Å²) in [6.45, 7) is 0. The summed E-state index contributed by atoms with van der Waals surface area (Å²) in [6.07, 6.45) is 0. The average Bonchev–Trinajstić information content (AvgIpc) is 3.86. The first-order valence-corrected chi connectivity index (χ1v) is 17.3. The molecule has 0 saturated heterocycles. The molecule has 2 nitrogen and oxygen atoms in total. The summed E-state index contributed by atoms with van der Waals surface area (Å²) in [5.74, 6) is 0. The van der Waals surface area contributed by atoms with E-state index in [0.717, 1.165) is 64.4 Å². The van der Waals surface area contributed by atoms with Crippen LogP contribution in [0.3, 0.4) is 0 Å². The van der Waals surface area contributed by atoms with Gasteiger partial charge in [-0.2, -0.15) is 0 Å². The first kappa shape index (κ1) is 21.6. The third-order valence-electron chi connectivity index (χ3n) is 9.25. The van der Waals surface area contributed by atoms with Gasteiger partial charge in [0.25, 0.3) is 0 Å². The highest BCUT2D eigenvalue weighted by Crippen LogP contribution is 2.47. The van der Waals surface area contributed by atoms with Crippen molar-refractivity contribution in [2.45, 2.75) is 0 Å². The van der Waals surface area contributed by atoms with E-state index in [2.05, 4.69) is 0 Å². The van der Waals surface area contributed by atoms with Crippen molar-refractivity contribution in [2.24, 2.45) is 0 Å². The van der Waals surface area contributed by atoms with Crippen LogP contribution < -0.4 is 4.90 Å². The molecule has 2 aromatic heterocycles. The van der Waals surface area contributed by atoms with Crippen LogP contribution in [0.5, 0.6) is 0 Å². The maximum Gasteiger partial charge on any atom is 0.143 e. The molecule has 8 aromatic carbocycles. The van der Waals surface area contributed by atoms with Crippen molar-refractivity contribution in [3.63, 3.8) is 0 Å². The lowest BCUT2D eigenvalue weighted by Crippen LogP contribution is -2.10. The molecule has 2 heterocycles. The summed E-state index contributed by atoms with van der Waals surface area (Å²) in [5.41, 5.74) is 5.35. The lowest BCUT2D eigenvalue weighted by molar-refractivity contribution is 0.670. The molecule has 10 rings (SSSR count). The second kappa shape index (κ2) is 12.2. The summed E-state index contributed by atoms with van der Waals surface area (Å²) in [5, 5.41) is 3.98. The molecule has 0 spiro atoms. The smallest absolute Gasteiger partial charge is 0.143 e. The highest BCUT2D eigenvalue weighted by molar-refractivity contribution is 7.26. The van der Waals surface area contributed by atoms with Crippen molar-refractivity contribution in [1.82, 2.24) is 0 Å². The molecular formula is C48H31NOS. The number of nitrogens with zero attached hydrogens (tertiary/aromatic N) is 1. The molecule has 0 saturated carbocycles. The zero-order valence-corrected chi connectivity index (χ0v) is 27.8. The van der Waals surface area contributed by atoms with E-state index in [0.29, 0.717) is 11.4 Å². The zero-order valence-electron chi connectivity index (χ0n) is 36.0. The first-order valence-electron chi connectivity index (χ1n) is 21.0. The Morgan fingerprint density at radius 3 is 2.04 bits per heavy atom. The Labute approximate surface area is 312 Å². The molecule has 3 heteroatoms. The molecule has 0 aliphatic rings. The SMILES string of the molecule is [2H]c1c([2H])c([2H])c(-c2c([2H])c([2H])c(N(c3ccc(-c4cccc5c4oc4ccccc45)c(-c4ccccc4)c3)c3cccc4c3sc3ccccc34)c([2H])c2[2H])c([2H])c1[2H]. The minimum Gasteiger partial charge on any atom is -0.455 e. The number of hydrogen-bond donors (Lipinski definition) is 0. The topological polar surface area (TPSA) is 16.4 Å². The summed E-state index contributed by atoms with van der Waals surface area (Å²) in [6, 6.07) is 38.7. The van der Waals surface area contributed by atoms with Crippen LogP contribution in [-0.4, -0.2) is 0 Å². The van der Waals surface area contributed by atoms with E-state index < -0.39 is 59.9 Å². The standard InChI is InChI=1S/C48H31NOS/c1-3-13-32(14-4-1)33-25-27-35(28-26-33)49(44-22-12-21-42-39-18-8-10-24-46(39)51-48(42)44)36-29-30-37(43(31-36)34-15-5-2-6-16-34)40-19-11-20-41-38-17-7-9-23-45(38)50-47(40)41/h1-31H/i1D,3D,4D,13D,14D,25D,26D,27D,28D. The summed E-state index contributed by atoms with van der Waals surface area (Å²) in [7, 11) is 0. The van der Waals surface area contributed by atoms with Gasteiger partial charge in [0.15, 0.2) is 0 Å². The minimum absolute atomic E-state index is 0.0581. The third-order valence-corrected chi connectivity index (χ3v) is 10.5. The van der Waals surface area contributed by atoms with Gasteiger partial charge in [-0.05, 0) is 70.2 Å². The molecule has 0 aliphatic heterocycles. The Hall–Kier alpha value is -6.42. The van der Waals surface area contributed by atoms with E-state index in [1.54, 1.807) is 16.2 Å². The van der Waals surface area contributed by atoms with Crippen molar-refractivity contribution in [3.05, 3.63) is 188 Å². The number of thiophene rings is 1. The van der Waals surface area contributed by atoms with E-state index in [4.69, 9.17) is 11.3 Å². The van der Waals surface area contributed by atoms with Crippen LogP contribution >= 0.6 is 11.3 Å². The predicted octanol–water partition coefficient (Wildman–Crippen LogP) is 14.4. The van der Waals surface area contributed by atoms with Crippen molar-refractivity contribution in [1.29, 1.82) is 0 Å². The fourth-order valence-corrected chi connectivity index (χ4v) is 8.14. The second-order valence-corrected chi connectivity index (χ2v) is 13.2. The lowest BCUT2D eigenvalue weighted by atomic mass is 9.92. The molecule has 10 aromatic rings. The van der Waals surface area contributed by atoms with Crippen LogP contribution in [-0.2, 0) is 0 Å². The van der Waals surface area contributed by atoms with E-state index in [9.17, 15) is 5.48 Å². The van der Waals surface area contributed by atoms with Gasteiger partial charge in [0.1, 0.15) is 11.2 Å². The maximum atomic E-state index is 9.60. The number of rotatable bonds is 6. The third kappa shape index (κ3) is 5.01. The van der Waals surface area contributed by atoms with Gasteiger partial charge in [-0.1, -0.05) is 145 Å². The van der Waals surface area contributed by atoms with Gasteiger partial charge in [0.2, 0.25) is 0 Å². The Morgan fingerprint density at radius 2 is 1.18 bits per heavy atom. The van der Waals surface area contributed by atoms with E-state index >= 15 is 0 Å². The first-order chi connectivity index (χ1) is 29.0. The van der Waals surface area contributed by atoms with Gasteiger partial charge in [0, 0.05) is 43.2 Å². The Balaban J connectivity index is 1.28. The molecule has 240 valence electrons. The van der Waals surface area contributed by atoms with Crippen LogP contribution in [0.4, 0.5) is 17.1 Å². The summed E-state index contributed by atoms with van der Waals surface area (Å²) < 4.78 is 88.3. The summed E-state index contributed by atoms with van der Waals surface area (Å²) in [4.78, 5) is 1.75. The van der Waals surface area contributed by atoms with Crippen molar-refractivity contribution in [2.75, 3.05) is 4.90 Å². The predicted molar refractivity (Wildman–Crippen MR) is 218 cm³/mol. The van der Waals surface area contributed by atoms with Gasteiger partial charge >= 0.3 is 0 Å². The number of benzene rings is 8. The number of hydrogen-bond acceptors (Lipinski definition) is 3. The minimum atomic E-state index is -0.628. The van der Waals surface area contributed by atoms with E-state index in [1.165, 1.54) is 0 Å². The molecule has 0 N–H and O–H groups in total. The van der Waals surface area contributed by atoms with E-state index in [-0.39, 0.29) is 11.3 Å². The van der Waals surface area contributed by atoms with Gasteiger partial charge < -0.3 is 9.32 Å². The lowest BCUT2D eigenvalue weighted by Gasteiger charge is -2.27. The molecule has 0 radical (unpaired) electrons. The van der Waals surface area contributed by atoms with Crippen LogP contribution in [0.1, 0.15) is 12.3 Å². The number of furan rings is 1. The van der Waals surface area contributed by atoms with Crippen LogP contribution in [0.15, 0.2) is 192 Å². The van der Waals surface area contributed by atoms with E-state index in [1.807, 2.05) is 133 Å². The fraction of sp³-hybridized carbons (Fsp3) is 0. The van der Waals surface area contributed by atoms with Crippen molar-refractivity contribution < 1.29 is 16.8 Å². The Bertz CT molecular complexity index is 3340. The fourth-order valence-electron chi connectivity index (χ4n) is 6.94. The maximum absolute atomic E-state index is 9.60.